The topological polar surface area (TPSA) is 41.6 Å². The molecule has 0 radical (unpaired) electrons. The van der Waals surface area contributed by atoms with Crippen LogP contribution in [0, 0.1) is 0 Å². The number of likely N-dealkylation sites (tertiary alicyclic amines) is 1. The molecule has 0 bridgehead atoms. The molecule has 4 rings (SSSR count). The molecule has 6 heteroatoms. The summed E-state index contributed by atoms with van der Waals surface area (Å²) in [6.45, 7) is 3.96. The highest BCUT2D eigenvalue weighted by atomic mass is 35.5. The van der Waals surface area contributed by atoms with Crippen LogP contribution in [0.2, 0.25) is 5.02 Å². The standard InChI is InChI=1S/C23H27ClN2O2S/c1-16(29-21-10-6-4-8-18(21)24)22(27)25-19-15-23(11-13-26(2)14-12-23)28-20-9-5-3-7-17(19)20/h3-10,16,19H,11-15H2,1-2H3,(H,25,27). The number of piperidine rings is 1. The first-order valence-electron chi connectivity index (χ1n) is 10.1. The summed E-state index contributed by atoms with van der Waals surface area (Å²) in [5.41, 5.74) is 0.873. The predicted octanol–water partition coefficient (Wildman–Crippen LogP) is 4.93. The fourth-order valence-electron chi connectivity index (χ4n) is 4.15. The van der Waals surface area contributed by atoms with Gasteiger partial charge in [0.25, 0.3) is 0 Å². The van der Waals surface area contributed by atoms with E-state index in [2.05, 4.69) is 23.3 Å². The minimum Gasteiger partial charge on any atom is -0.487 e. The van der Waals surface area contributed by atoms with Crippen LogP contribution >= 0.6 is 23.4 Å². The molecule has 0 saturated carbocycles. The van der Waals surface area contributed by atoms with E-state index in [1.807, 2.05) is 49.4 Å². The van der Waals surface area contributed by atoms with Gasteiger partial charge in [-0.2, -0.15) is 0 Å². The van der Waals surface area contributed by atoms with Gasteiger partial charge in [0, 0.05) is 30.0 Å². The van der Waals surface area contributed by atoms with Gasteiger partial charge in [0.05, 0.1) is 16.3 Å². The number of fused-ring (bicyclic) bond motifs is 1. The van der Waals surface area contributed by atoms with E-state index in [0.717, 1.165) is 48.6 Å². The van der Waals surface area contributed by atoms with Crippen LogP contribution in [0.4, 0.5) is 0 Å². The molecule has 1 fully saturated rings. The number of halogens is 1. The lowest BCUT2D eigenvalue weighted by atomic mass is 9.80. The first-order chi connectivity index (χ1) is 14.0. The fraction of sp³-hybridized carbons (Fsp3) is 0.435. The molecule has 2 aliphatic rings. The zero-order valence-electron chi connectivity index (χ0n) is 16.9. The Balaban J connectivity index is 1.50. The summed E-state index contributed by atoms with van der Waals surface area (Å²) in [4.78, 5) is 16.3. The van der Waals surface area contributed by atoms with Crippen molar-refractivity contribution in [2.45, 2.75) is 48.0 Å². The van der Waals surface area contributed by atoms with Crippen molar-refractivity contribution in [1.29, 1.82) is 0 Å². The Hall–Kier alpha value is -1.69. The Morgan fingerprint density at radius 1 is 1.21 bits per heavy atom. The number of carbonyl (C=O) groups is 1. The van der Waals surface area contributed by atoms with Crippen LogP contribution in [0.25, 0.3) is 0 Å². The number of ether oxygens (including phenoxy) is 1. The van der Waals surface area contributed by atoms with Gasteiger partial charge in [0.2, 0.25) is 5.91 Å². The zero-order valence-corrected chi connectivity index (χ0v) is 18.4. The predicted molar refractivity (Wildman–Crippen MR) is 119 cm³/mol. The third-order valence-electron chi connectivity index (χ3n) is 5.92. The lowest BCUT2D eigenvalue weighted by Gasteiger charge is -2.46. The molecule has 0 aromatic heterocycles. The number of nitrogens with one attached hydrogen (secondary N) is 1. The van der Waals surface area contributed by atoms with Gasteiger partial charge in [0.1, 0.15) is 11.4 Å². The van der Waals surface area contributed by atoms with E-state index < -0.39 is 0 Å². The van der Waals surface area contributed by atoms with Gasteiger partial charge >= 0.3 is 0 Å². The third kappa shape index (κ3) is 4.57. The van der Waals surface area contributed by atoms with Gasteiger partial charge in [0.15, 0.2) is 0 Å². The normalized spacial score (nSPS) is 21.8. The number of para-hydroxylation sites is 1. The van der Waals surface area contributed by atoms with E-state index >= 15 is 0 Å². The van der Waals surface area contributed by atoms with E-state index in [0.29, 0.717) is 5.02 Å². The van der Waals surface area contributed by atoms with Gasteiger partial charge < -0.3 is 15.0 Å². The Morgan fingerprint density at radius 3 is 2.66 bits per heavy atom. The molecule has 1 N–H and O–H groups in total. The first-order valence-corrected chi connectivity index (χ1v) is 11.4. The summed E-state index contributed by atoms with van der Waals surface area (Å²) >= 11 is 7.76. The molecular formula is C23H27ClN2O2S. The van der Waals surface area contributed by atoms with Crippen LogP contribution in [-0.4, -0.2) is 41.8 Å². The molecule has 2 aromatic rings. The summed E-state index contributed by atoms with van der Waals surface area (Å²) in [5, 5.41) is 3.74. The maximum atomic E-state index is 13.0. The summed E-state index contributed by atoms with van der Waals surface area (Å²) < 4.78 is 6.49. The van der Waals surface area contributed by atoms with Crippen molar-refractivity contribution < 1.29 is 9.53 Å². The summed E-state index contributed by atoms with van der Waals surface area (Å²) in [7, 11) is 2.15. The molecule has 1 spiro atoms. The number of benzene rings is 2. The monoisotopic (exact) mass is 430 g/mol. The average Bonchev–Trinajstić information content (AvgIpc) is 2.72. The van der Waals surface area contributed by atoms with Crippen molar-refractivity contribution >= 4 is 29.3 Å². The second kappa shape index (κ2) is 8.58. The number of hydrogen-bond donors (Lipinski definition) is 1. The molecule has 154 valence electrons. The number of thioether (sulfide) groups is 1. The van der Waals surface area contributed by atoms with E-state index in [-0.39, 0.29) is 22.8 Å². The Kier molecular flexibility index (Phi) is 6.09. The minimum atomic E-state index is -0.238. The van der Waals surface area contributed by atoms with Gasteiger partial charge in [-0.25, -0.2) is 0 Å². The number of hydrogen-bond acceptors (Lipinski definition) is 4. The van der Waals surface area contributed by atoms with Crippen molar-refractivity contribution in [3.05, 3.63) is 59.1 Å². The lowest BCUT2D eigenvalue weighted by molar-refractivity contribution is -0.121. The van der Waals surface area contributed by atoms with Crippen LogP contribution in [0.15, 0.2) is 53.4 Å². The maximum absolute atomic E-state index is 13.0. The molecule has 0 aliphatic carbocycles. The van der Waals surface area contributed by atoms with Crippen LogP contribution in [-0.2, 0) is 4.79 Å². The van der Waals surface area contributed by atoms with Crippen molar-refractivity contribution in [2.75, 3.05) is 20.1 Å². The smallest absolute Gasteiger partial charge is 0.233 e. The quantitative estimate of drug-likeness (QED) is 0.698. The van der Waals surface area contributed by atoms with Gasteiger partial charge in [-0.3, -0.25) is 4.79 Å². The molecule has 2 heterocycles. The SMILES string of the molecule is CC(Sc1ccccc1Cl)C(=O)NC1CC2(CCN(C)CC2)Oc2ccccc21. The highest BCUT2D eigenvalue weighted by Gasteiger charge is 2.43. The molecule has 1 amide bonds. The van der Waals surface area contributed by atoms with Crippen LogP contribution < -0.4 is 10.1 Å². The first kappa shape index (κ1) is 20.6. The molecule has 2 atom stereocenters. The number of rotatable bonds is 4. The van der Waals surface area contributed by atoms with E-state index in [9.17, 15) is 4.79 Å². The van der Waals surface area contributed by atoms with Gasteiger partial charge in [-0.05, 0) is 45.0 Å². The van der Waals surface area contributed by atoms with Crippen LogP contribution in [0.3, 0.4) is 0 Å². The Morgan fingerprint density at radius 2 is 1.90 bits per heavy atom. The van der Waals surface area contributed by atoms with E-state index in [1.165, 1.54) is 11.8 Å². The van der Waals surface area contributed by atoms with Crippen molar-refractivity contribution in [2.24, 2.45) is 0 Å². The average molecular weight is 431 g/mol. The number of carbonyl (C=O) groups excluding carboxylic acids is 1. The van der Waals surface area contributed by atoms with Crippen LogP contribution in [0.5, 0.6) is 5.75 Å². The van der Waals surface area contributed by atoms with Crippen LogP contribution in [0.1, 0.15) is 37.8 Å². The zero-order chi connectivity index (χ0) is 20.4. The molecule has 2 aliphatic heterocycles. The second-order valence-electron chi connectivity index (χ2n) is 8.08. The minimum absolute atomic E-state index is 0.0275. The van der Waals surface area contributed by atoms with E-state index in [4.69, 9.17) is 16.3 Å². The van der Waals surface area contributed by atoms with Crippen molar-refractivity contribution in [3.8, 4) is 5.75 Å². The highest BCUT2D eigenvalue weighted by Crippen LogP contribution is 2.44. The summed E-state index contributed by atoms with van der Waals surface area (Å²) in [5.74, 6) is 0.930. The molecule has 2 aromatic carbocycles. The molecule has 2 unspecified atom stereocenters. The number of nitrogens with zero attached hydrogens (tertiary/aromatic N) is 1. The highest BCUT2D eigenvalue weighted by molar-refractivity contribution is 8.00. The lowest BCUT2D eigenvalue weighted by Crippen LogP contribution is -2.52. The third-order valence-corrected chi connectivity index (χ3v) is 7.54. The molecule has 29 heavy (non-hydrogen) atoms. The van der Waals surface area contributed by atoms with E-state index in [1.54, 1.807) is 0 Å². The number of amides is 1. The molecule has 4 nitrogen and oxygen atoms in total. The van der Waals surface area contributed by atoms with Gasteiger partial charge in [-0.1, -0.05) is 41.9 Å². The Bertz CT molecular complexity index is 883. The van der Waals surface area contributed by atoms with Crippen molar-refractivity contribution in [1.82, 2.24) is 10.2 Å². The summed E-state index contributed by atoms with van der Waals surface area (Å²) in [6, 6.07) is 15.7. The molecule has 1 saturated heterocycles. The fourth-order valence-corrected chi connectivity index (χ4v) is 5.32. The second-order valence-corrected chi connectivity index (χ2v) is 9.87. The summed E-state index contributed by atoms with van der Waals surface area (Å²) in [6.07, 6.45) is 2.77. The molecular weight excluding hydrogens is 404 g/mol. The van der Waals surface area contributed by atoms with Crippen molar-refractivity contribution in [3.63, 3.8) is 0 Å². The maximum Gasteiger partial charge on any atom is 0.233 e. The Labute approximate surface area is 182 Å². The van der Waals surface area contributed by atoms with Gasteiger partial charge in [-0.15, -0.1) is 11.8 Å². The largest absolute Gasteiger partial charge is 0.487 e.